The highest BCUT2D eigenvalue weighted by Gasteiger charge is 2.25. The van der Waals surface area contributed by atoms with Crippen LogP contribution in [-0.4, -0.2) is 11.9 Å². The minimum atomic E-state index is -1.27. The molecule has 4 nitrogen and oxygen atoms in total. The highest BCUT2D eigenvalue weighted by Crippen LogP contribution is 2.20. The zero-order chi connectivity index (χ0) is 17.7. The minimum absolute atomic E-state index is 0.209. The van der Waals surface area contributed by atoms with Gasteiger partial charge in [-0.1, -0.05) is 36.8 Å². The molecular formula is C19H19FNO3-. The summed E-state index contributed by atoms with van der Waals surface area (Å²) in [4.78, 5) is 23.8. The topological polar surface area (TPSA) is 69.2 Å². The third kappa shape index (κ3) is 4.65. The zero-order valence-corrected chi connectivity index (χ0v) is 13.6. The molecule has 1 N–H and O–H groups in total. The molecule has 1 amide bonds. The number of nitrogens with one attached hydrogen (secondary N) is 1. The van der Waals surface area contributed by atoms with E-state index in [4.69, 9.17) is 0 Å². The van der Waals surface area contributed by atoms with E-state index >= 15 is 0 Å². The number of hydrogen-bond donors (Lipinski definition) is 1. The summed E-state index contributed by atoms with van der Waals surface area (Å²) in [7, 11) is 0. The Hall–Kier alpha value is -2.69. The Balaban J connectivity index is 2.08. The predicted octanol–water partition coefficient (Wildman–Crippen LogP) is 2.32. The Morgan fingerprint density at radius 1 is 1.08 bits per heavy atom. The average molecular weight is 328 g/mol. The molecule has 2 aromatic carbocycles. The number of halogens is 1. The van der Waals surface area contributed by atoms with Gasteiger partial charge >= 0.3 is 0 Å². The molecule has 0 saturated carbocycles. The van der Waals surface area contributed by atoms with Crippen LogP contribution in [0.2, 0.25) is 0 Å². The first-order valence-electron chi connectivity index (χ1n) is 7.69. The van der Waals surface area contributed by atoms with Crippen LogP contribution < -0.4 is 10.4 Å². The fourth-order valence-corrected chi connectivity index (χ4v) is 2.41. The van der Waals surface area contributed by atoms with Gasteiger partial charge in [-0.2, -0.15) is 0 Å². The first-order valence-corrected chi connectivity index (χ1v) is 7.69. The van der Waals surface area contributed by atoms with Crippen molar-refractivity contribution >= 4 is 17.6 Å². The maximum absolute atomic E-state index is 12.9. The highest BCUT2D eigenvalue weighted by atomic mass is 19.1. The third-order valence-electron chi connectivity index (χ3n) is 4.01. The maximum atomic E-state index is 12.9. The van der Waals surface area contributed by atoms with Crippen LogP contribution in [0.5, 0.6) is 0 Å². The lowest BCUT2D eigenvalue weighted by Gasteiger charge is -2.24. The smallest absolute Gasteiger partial charge is 0.227 e. The SMILES string of the molecule is Cc1ccc(C[C@@H](C(=O)[O-])[C@H](C)C(=O)Nc2ccc(F)cc2)cc1. The van der Waals surface area contributed by atoms with Crippen LogP contribution >= 0.6 is 0 Å². The monoisotopic (exact) mass is 328 g/mol. The van der Waals surface area contributed by atoms with Gasteiger partial charge in [0.2, 0.25) is 5.91 Å². The van der Waals surface area contributed by atoms with Crippen molar-refractivity contribution in [2.45, 2.75) is 20.3 Å². The number of aryl methyl sites for hydroxylation is 1. The second-order valence-electron chi connectivity index (χ2n) is 5.90. The molecule has 0 radical (unpaired) electrons. The molecule has 2 aromatic rings. The van der Waals surface area contributed by atoms with E-state index in [2.05, 4.69) is 5.32 Å². The van der Waals surface area contributed by atoms with Gasteiger partial charge in [-0.15, -0.1) is 0 Å². The number of carboxylic acids is 1. The van der Waals surface area contributed by atoms with Gasteiger partial charge in [0.15, 0.2) is 0 Å². The van der Waals surface area contributed by atoms with E-state index in [-0.39, 0.29) is 6.42 Å². The second kappa shape index (κ2) is 7.73. The van der Waals surface area contributed by atoms with Gasteiger partial charge in [0.25, 0.3) is 0 Å². The number of carbonyl (C=O) groups excluding carboxylic acids is 2. The van der Waals surface area contributed by atoms with Crippen LogP contribution in [0, 0.1) is 24.6 Å². The van der Waals surface area contributed by atoms with E-state index in [0.717, 1.165) is 11.1 Å². The van der Waals surface area contributed by atoms with Gasteiger partial charge in [-0.25, -0.2) is 4.39 Å². The van der Waals surface area contributed by atoms with E-state index < -0.39 is 29.5 Å². The molecule has 0 unspecified atom stereocenters. The highest BCUT2D eigenvalue weighted by molar-refractivity contribution is 5.94. The second-order valence-corrected chi connectivity index (χ2v) is 5.90. The number of rotatable bonds is 6. The Morgan fingerprint density at radius 2 is 1.67 bits per heavy atom. The molecule has 24 heavy (non-hydrogen) atoms. The van der Waals surface area contributed by atoms with Crippen molar-refractivity contribution in [1.29, 1.82) is 0 Å². The van der Waals surface area contributed by atoms with Gasteiger partial charge < -0.3 is 15.2 Å². The van der Waals surface area contributed by atoms with Gasteiger partial charge in [0.1, 0.15) is 5.82 Å². The fourth-order valence-electron chi connectivity index (χ4n) is 2.41. The summed E-state index contributed by atoms with van der Waals surface area (Å²) in [6.07, 6.45) is 0.209. The van der Waals surface area contributed by atoms with Crippen molar-refractivity contribution in [2.75, 3.05) is 5.32 Å². The molecule has 0 aromatic heterocycles. The van der Waals surface area contributed by atoms with Crippen molar-refractivity contribution in [3.63, 3.8) is 0 Å². The number of aliphatic carboxylic acids is 1. The molecule has 0 heterocycles. The Bertz CT molecular complexity index is 710. The molecule has 0 aliphatic heterocycles. The maximum Gasteiger partial charge on any atom is 0.227 e. The summed E-state index contributed by atoms with van der Waals surface area (Å²) in [5.74, 6) is -3.86. The first-order chi connectivity index (χ1) is 11.4. The van der Waals surface area contributed by atoms with Crippen molar-refractivity contribution in [3.8, 4) is 0 Å². The average Bonchev–Trinajstić information content (AvgIpc) is 2.55. The number of benzene rings is 2. The van der Waals surface area contributed by atoms with Crippen LogP contribution in [0.1, 0.15) is 18.1 Å². The molecule has 5 heteroatoms. The fraction of sp³-hybridized carbons (Fsp3) is 0.263. The minimum Gasteiger partial charge on any atom is -0.550 e. The van der Waals surface area contributed by atoms with E-state index in [1.54, 1.807) is 6.92 Å². The Labute approximate surface area is 140 Å². The van der Waals surface area contributed by atoms with Gasteiger partial charge in [-0.3, -0.25) is 4.79 Å². The van der Waals surface area contributed by atoms with E-state index in [9.17, 15) is 19.1 Å². The van der Waals surface area contributed by atoms with Crippen molar-refractivity contribution < 1.29 is 19.1 Å². The molecule has 0 aliphatic carbocycles. The predicted molar refractivity (Wildman–Crippen MR) is 87.6 cm³/mol. The third-order valence-corrected chi connectivity index (χ3v) is 4.01. The summed E-state index contributed by atoms with van der Waals surface area (Å²) < 4.78 is 12.9. The normalized spacial score (nSPS) is 13.1. The van der Waals surface area contributed by atoms with Crippen LogP contribution in [0.15, 0.2) is 48.5 Å². The first kappa shape index (κ1) is 17.7. The van der Waals surface area contributed by atoms with E-state index in [0.29, 0.717) is 5.69 Å². The van der Waals surface area contributed by atoms with E-state index in [1.807, 2.05) is 31.2 Å². The molecular weight excluding hydrogens is 309 g/mol. The molecule has 2 atom stereocenters. The Kier molecular flexibility index (Phi) is 5.68. The number of hydrogen-bond acceptors (Lipinski definition) is 3. The van der Waals surface area contributed by atoms with Crippen molar-refractivity contribution in [2.24, 2.45) is 11.8 Å². The standard InChI is InChI=1S/C19H20FNO3/c1-12-3-5-14(6-4-12)11-17(19(23)24)13(2)18(22)21-16-9-7-15(20)8-10-16/h3-10,13,17H,11H2,1-2H3,(H,21,22)(H,23,24)/p-1/t13-,17+/m0/s1. The largest absolute Gasteiger partial charge is 0.550 e. The molecule has 0 fully saturated rings. The zero-order valence-electron chi connectivity index (χ0n) is 13.6. The summed E-state index contributed by atoms with van der Waals surface area (Å²) in [5.41, 5.74) is 2.32. The van der Waals surface area contributed by atoms with Crippen LogP contribution in [0.25, 0.3) is 0 Å². The summed E-state index contributed by atoms with van der Waals surface area (Å²) in [6, 6.07) is 12.8. The lowest BCUT2D eigenvalue weighted by molar-refractivity contribution is -0.312. The summed E-state index contributed by atoms with van der Waals surface area (Å²) in [6.45, 7) is 3.49. The van der Waals surface area contributed by atoms with Gasteiger partial charge in [0.05, 0.1) is 0 Å². The number of amides is 1. The molecule has 126 valence electrons. The van der Waals surface area contributed by atoms with Gasteiger partial charge in [0, 0.05) is 23.5 Å². The molecule has 0 spiro atoms. The van der Waals surface area contributed by atoms with Crippen LogP contribution in [0.4, 0.5) is 10.1 Å². The van der Waals surface area contributed by atoms with Crippen molar-refractivity contribution in [1.82, 2.24) is 0 Å². The van der Waals surface area contributed by atoms with Crippen LogP contribution in [0.3, 0.4) is 0 Å². The number of carbonyl (C=O) groups is 2. The lowest BCUT2D eigenvalue weighted by Crippen LogP contribution is -2.40. The summed E-state index contributed by atoms with van der Waals surface area (Å²) >= 11 is 0. The number of carboxylic acid groups (broad SMARTS) is 1. The summed E-state index contributed by atoms with van der Waals surface area (Å²) in [5, 5.41) is 14.1. The van der Waals surface area contributed by atoms with Crippen LogP contribution in [-0.2, 0) is 16.0 Å². The van der Waals surface area contributed by atoms with Crippen molar-refractivity contribution in [3.05, 3.63) is 65.5 Å². The van der Waals surface area contributed by atoms with E-state index in [1.165, 1.54) is 24.3 Å². The molecule has 0 bridgehead atoms. The number of anilines is 1. The quantitative estimate of drug-likeness (QED) is 0.885. The molecule has 2 rings (SSSR count). The molecule has 0 saturated heterocycles. The molecule has 0 aliphatic rings. The lowest BCUT2D eigenvalue weighted by atomic mass is 9.87. The Morgan fingerprint density at radius 3 is 2.21 bits per heavy atom. The van der Waals surface area contributed by atoms with Gasteiger partial charge in [-0.05, 0) is 43.2 Å².